The van der Waals surface area contributed by atoms with Crippen LogP contribution >= 0.6 is 35.0 Å². The number of rotatable bonds is 6. The van der Waals surface area contributed by atoms with Crippen molar-refractivity contribution < 1.29 is 4.79 Å². The maximum absolute atomic E-state index is 12.5. The lowest BCUT2D eigenvalue weighted by atomic mass is 10.1. The molecule has 0 spiro atoms. The van der Waals surface area contributed by atoms with E-state index >= 15 is 0 Å². The zero-order chi connectivity index (χ0) is 21.8. The predicted molar refractivity (Wildman–Crippen MR) is 130 cm³/mol. The summed E-state index contributed by atoms with van der Waals surface area (Å²) in [5.41, 5.74) is 4.75. The number of nitrogens with zero attached hydrogens (tertiary/aromatic N) is 2. The van der Waals surface area contributed by atoms with Crippen LogP contribution in [0.25, 0.3) is 16.9 Å². The van der Waals surface area contributed by atoms with Gasteiger partial charge in [-0.05, 0) is 49.4 Å². The summed E-state index contributed by atoms with van der Waals surface area (Å²) < 4.78 is 2.02. The molecule has 1 N–H and O–H groups in total. The van der Waals surface area contributed by atoms with Crippen molar-refractivity contribution in [2.75, 3.05) is 11.1 Å². The van der Waals surface area contributed by atoms with E-state index in [1.807, 2.05) is 35.0 Å². The van der Waals surface area contributed by atoms with Crippen molar-refractivity contribution >= 4 is 46.6 Å². The van der Waals surface area contributed by atoms with Crippen molar-refractivity contribution in [1.29, 1.82) is 0 Å². The van der Waals surface area contributed by atoms with Crippen LogP contribution in [0.3, 0.4) is 0 Å². The Labute approximate surface area is 195 Å². The molecule has 1 aromatic heterocycles. The summed E-state index contributed by atoms with van der Waals surface area (Å²) in [5, 5.41) is 4.85. The monoisotopic (exact) mass is 467 g/mol. The molecule has 7 heteroatoms. The number of aryl methyl sites for hydroxylation is 1. The fourth-order valence-electron chi connectivity index (χ4n) is 3.09. The maximum Gasteiger partial charge on any atom is 0.234 e. The first-order valence-electron chi connectivity index (χ1n) is 9.58. The molecule has 0 aliphatic rings. The Morgan fingerprint density at radius 1 is 1.00 bits per heavy atom. The average molecular weight is 468 g/mol. The van der Waals surface area contributed by atoms with Gasteiger partial charge in [-0.2, -0.15) is 0 Å². The van der Waals surface area contributed by atoms with E-state index in [0.29, 0.717) is 20.9 Å². The van der Waals surface area contributed by atoms with E-state index in [1.165, 1.54) is 17.3 Å². The molecule has 0 bridgehead atoms. The molecule has 0 aliphatic carbocycles. The number of carbonyl (C=O) groups excluding carboxylic acids is 1. The van der Waals surface area contributed by atoms with E-state index in [1.54, 1.807) is 24.3 Å². The van der Waals surface area contributed by atoms with E-state index in [2.05, 4.69) is 41.5 Å². The molecule has 31 heavy (non-hydrogen) atoms. The number of halogens is 2. The van der Waals surface area contributed by atoms with Gasteiger partial charge in [0.2, 0.25) is 5.91 Å². The molecule has 4 aromatic rings. The first kappa shape index (κ1) is 21.5. The first-order valence-corrected chi connectivity index (χ1v) is 11.3. The van der Waals surface area contributed by atoms with Gasteiger partial charge in [0.05, 0.1) is 17.6 Å². The van der Waals surface area contributed by atoms with Crippen LogP contribution in [0.15, 0.2) is 84.1 Å². The molecule has 0 aliphatic heterocycles. The number of benzene rings is 3. The third-order valence-corrected chi connectivity index (χ3v) is 6.04. The highest BCUT2D eigenvalue weighted by Crippen LogP contribution is 2.31. The minimum absolute atomic E-state index is 0.121. The summed E-state index contributed by atoms with van der Waals surface area (Å²) in [5.74, 6) is 0.0953. The van der Waals surface area contributed by atoms with Gasteiger partial charge in [0.25, 0.3) is 0 Å². The molecule has 0 unspecified atom stereocenters. The standard InChI is InChI=1S/C24H19Cl2N3OS/c1-16-5-7-17(8-6-16)22-14-27-24(29(22)21-4-2-3-19(26)13-21)31-15-23(30)28-20-11-9-18(25)10-12-20/h2-14H,15H2,1H3,(H,28,30). The lowest BCUT2D eigenvalue weighted by Crippen LogP contribution is -2.14. The van der Waals surface area contributed by atoms with Gasteiger partial charge in [-0.25, -0.2) is 4.98 Å². The molecule has 0 saturated heterocycles. The SMILES string of the molecule is Cc1ccc(-c2cnc(SCC(=O)Nc3ccc(Cl)cc3)n2-c2cccc(Cl)c2)cc1. The van der Waals surface area contributed by atoms with Gasteiger partial charge in [0.15, 0.2) is 5.16 Å². The second-order valence-electron chi connectivity index (χ2n) is 6.95. The highest BCUT2D eigenvalue weighted by atomic mass is 35.5. The van der Waals surface area contributed by atoms with Crippen LogP contribution in [-0.2, 0) is 4.79 Å². The zero-order valence-corrected chi connectivity index (χ0v) is 19.0. The quantitative estimate of drug-likeness (QED) is 0.314. The topological polar surface area (TPSA) is 46.9 Å². The number of thioether (sulfide) groups is 1. The van der Waals surface area contributed by atoms with Gasteiger partial charge < -0.3 is 5.32 Å². The van der Waals surface area contributed by atoms with Crippen molar-refractivity contribution in [1.82, 2.24) is 9.55 Å². The van der Waals surface area contributed by atoms with E-state index < -0.39 is 0 Å². The maximum atomic E-state index is 12.5. The van der Waals surface area contributed by atoms with Gasteiger partial charge in [0, 0.05) is 27.0 Å². The molecule has 0 saturated carbocycles. The molecule has 0 fully saturated rings. The van der Waals surface area contributed by atoms with Crippen LogP contribution in [0.2, 0.25) is 10.0 Å². The Morgan fingerprint density at radius 3 is 2.45 bits per heavy atom. The third-order valence-electron chi connectivity index (χ3n) is 4.60. The Bertz CT molecular complexity index is 1200. The van der Waals surface area contributed by atoms with Crippen molar-refractivity contribution in [2.24, 2.45) is 0 Å². The Balaban J connectivity index is 1.60. The number of hydrogen-bond acceptors (Lipinski definition) is 3. The van der Waals surface area contributed by atoms with Gasteiger partial charge >= 0.3 is 0 Å². The van der Waals surface area contributed by atoms with Crippen LogP contribution in [0.5, 0.6) is 0 Å². The Hall–Kier alpha value is -2.73. The van der Waals surface area contributed by atoms with Crippen LogP contribution in [0, 0.1) is 6.92 Å². The van der Waals surface area contributed by atoms with E-state index in [0.717, 1.165) is 16.9 Å². The molecule has 0 atom stereocenters. The summed E-state index contributed by atoms with van der Waals surface area (Å²) in [4.78, 5) is 17.1. The smallest absolute Gasteiger partial charge is 0.234 e. The molecule has 4 rings (SSSR count). The second-order valence-corrected chi connectivity index (χ2v) is 8.77. The molecule has 156 valence electrons. The molecule has 1 heterocycles. The van der Waals surface area contributed by atoms with Gasteiger partial charge in [0.1, 0.15) is 0 Å². The second kappa shape index (κ2) is 9.60. The number of carbonyl (C=O) groups is 1. The predicted octanol–water partition coefficient (Wildman–Crippen LogP) is 6.89. The molecular weight excluding hydrogens is 449 g/mol. The number of amides is 1. The average Bonchev–Trinajstić information content (AvgIpc) is 3.18. The molecule has 0 radical (unpaired) electrons. The fraction of sp³-hybridized carbons (Fsp3) is 0.0833. The minimum Gasteiger partial charge on any atom is -0.325 e. The largest absolute Gasteiger partial charge is 0.325 e. The van der Waals surface area contributed by atoms with E-state index in [9.17, 15) is 4.79 Å². The first-order chi connectivity index (χ1) is 15.0. The van der Waals surface area contributed by atoms with Crippen LogP contribution in [-0.4, -0.2) is 21.2 Å². The van der Waals surface area contributed by atoms with Crippen LogP contribution in [0.1, 0.15) is 5.56 Å². The number of anilines is 1. The molecule has 3 aromatic carbocycles. The van der Waals surface area contributed by atoms with Crippen molar-refractivity contribution in [3.8, 4) is 16.9 Å². The number of imidazole rings is 1. The summed E-state index contributed by atoms with van der Waals surface area (Å²) in [6.45, 7) is 2.05. The summed E-state index contributed by atoms with van der Waals surface area (Å²) in [7, 11) is 0. The zero-order valence-electron chi connectivity index (χ0n) is 16.7. The van der Waals surface area contributed by atoms with Crippen molar-refractivity contribution in [3.05, 3.63) is 94.6 Å². The number of nitrogens with one attached hydrogen (secondary N) is 1. The Kier molecular flexibility index (Phi) is 6.66. The third kappa shape index (κ3) is 5.31. The number of hydrogen-bond donors (Lipinski definition) is 1. The molecular formula is C24H19Cl2N3OS. The Morgan fingerprint density at radius 2 is 1.74 bits per heavy atom. The normalized spacial score (nSPS) is 10.8. The lowest BCUT2D eigenvalue weighted by Gasteiger charge is -2.13. The van der Waals surface area contributed by atoms with Crippen molar-refractivity contribution in [3.63, 3.8) is 0 Å². The van der Waals surface area contributed by atoms with E-state index in [-0.39, 0.29) is 11.7 Å². The molecule has 1 amide bonds. The summed E-state index contributed by atoms with van der Waals surface area (Å²) >= 11 is 13.5. The summed E-state index contributed by atoms with van der Waals surface area (Å²) in [6.07, 6.45) is 1.82. The minimum atomic E-state index is -0.121. The lowest BCUT2D eigenvalue weighted by molar-refractivity contribution is -0.113. The van der Waals surface area contributed by atoms with Crippen LogP contribution in [0.4, 0.5) is 5.69 Å². The molecule has 4 nitrogen and oxygen atoms in total. The van der Waals surface area contributed by atoms with Gasteiger partial charge in [-0.15, -0.1) is 0 Å². The van der Waals surface area contributed by atoms with Gasteiger partial charge in [-0.1, -0.05) is 70.9 Å². The number of aromatic nitrogens is 2. The highest BCUT2D eigenvalue weighted by molar-refractivity contribution is 7.99. The van der Waals surface area contributed by atoms with E-state index in [4.69, 9.17) is 23.2 Å². The van der Waals surface area contributed by atoms with Gasteiger partial charge in [-0.3, -0.25) is 9.36 Å². The fourth-order valence-corrected chi connectivity index (χ4v) is 4.19. The summed E-state index contributed by atoms with van der Waals surface area (Å²) in [6, 6.07) is 22.9. The van der Waals surface area contributed by atoms with Crippen LogP contribution < -0.4 is 5.32 Å². The highest BCUT2D eigenvalue weighted by Gasteiger charge is 2.16. The van der Waals surface area contributed by atoms with Crippen molar-refractivity contribution in [2.45, 2.75) is 12.1 Å².